The summed E-state index contributed by atoms with van der Waals surface area (Å²) in [6, 6.07) is 0. The molecule has 0 heterocycles. The van der Waals surface area contributed by atoms with Crippen molar-refractivity contribution in [2.75, 3.05) is 6.26 Å². The van der Waals surface area contributed by atoms with Crippen molar-refractivity contribution in [3.05, 3.63) is 0 Å². The molecule has 1 N–H and O–H groups in total. The molecule has 1 fully saturated rings. The highest BCUT2D eigenvalue weighted by molar-refractivity contribution is 7.92. The van der Waals surface area contributed by atoms with Crippen LogP contribution in [0.2, 0.25) is 0 Å². The number of hydrogen-bond donors (Lipinski definition) is 1. The number of carbonyl (C=O) groups is 1. The standard InChI is InChI=1S/C8H14O4S/c1-13(11,12)8(7(9)10)5-3-2-4-6-8/h2-6H2,1H3,(H,9,10). The molecule has 76 valence electrons. The molecule has 1 aliphatic rings. The van der Waals surface area contributed by atoms with Crippen molar-refractivity contribution in [2.45, 2.75) is 36.9 Å². The zero-order valence-corrected chi connectivity index (χ0v) is 8.43. The minimum absolute atomic E-state index is 0.265. The minimum atomic E-state index is -3.49. The second kappa shape index (κ2) is 3.29. The molecule has 1 aliphatic carbocycles. The Bertz CT molecular complexity index is 298. The molecule has 1 rings (SSSR count). The van der Waals surface area contributed by atoms with Crippen LogP contribution in [0.15, 0.2) is 0 Å². The summed E-state index contributed by atoms with van der Waals surface area (Å²) in [5, 5.41) is 8.95. The number of aliphatic carboxylic acids is 1. The summed E-state index contributed by atoms with van der Waals surface area (Å²) in [4.78, 5) is 10.9. The number of rotatable bonds is 2. The smallest absolute Gasteiger partial charge is 0.325 e. The van der Waals surface area contributed by atoms with Crippen LogP contribution in [-0.4, -0.2) is 30.5 Å². The highest BCUT2D eigenvalue weighted by Gasteiger charge is 2.48. The molecule has 13 heavy (non-hydrogen) atoms. The Morgan fingerprint density at radius 3 is 1.92 bits per heavy atom. The fourth-order valence-corrected chi connectivity index (χ4v) is 3.21. The van der Waals surface area contributed by atoms with E-state index in [1.165, 1.54) is 0 Å². The van der Waals surface area contributed by atoms with Crippen LogP contribution in [-0.2, 0) is 14.6 Å². The highest BCUT2D eigenvalue weighted by Crippen LogP contribution is 2.34. The zero-order chi connectivity index (χ0) is 10.1. The van der Waals surface area contributed by atoms with Crippen molar-refractivity contribution >= 4 is 15.8 Å². The summed E-state index contributed by atoms with van der Waals surface area (Å²) in [6.07, 6.45) is 3.87. The van der Waals surface area contributed by atoms with Crippen molar-refractivity contribution in [1.29, 1.82) is 0 Å². The van der Waals surface area contributed by atoms with Gasteiger partial charge < -0.3 is 5.11 Å². The van der Waals surface area contributed by atoms with Gasteiger partial charge in [-0.2, -0.15) is 0 Å². The lowest BCUT2D eigenvalue weighted by Gasteiger charge is -2.30. The van der Waals surface area contributed by atoms with Crippen molar-refractivity contribution in [1.82, 2.24) is 0 Å². The molecular weight excluding hydrogens is 192 g/mol. The number of carboxylic acids is 1. The van der Waals surface area contributed by atoms with Crippen molar-refractivity contribution in [3.8, 4) is 0 Å². The molecule has 0 aliphatic heterocycles. The fraction of sp³-hybridized carbons (Fsp3) is 0.875. The molecule has 0 aromatic rings. The molecule has 5 heteroatoms. The maximum absolute atomic E-state index is 11.4. The lowest BCUT2D eigenvalue weighted by molar-refractivity contribution is -0.141. The van der Waals surface area contributed by atoms with Gasteiger partial charge in [-0.3, -0.25) is 4.79 Å². The van der Waals surface area contributed by atoms with Crippen molar-refractivity contribution in [2.24, 2.45) is 0 Å². The SMILES string of the molecule is CS(=O)(=O)C1(C(=O)O)CCCCC1. The fourth-order valence-electron chi connectivity index (χ4n) is 1.87. The van der Waals surface area contributed by atoms with E-state index in [0.717, 1.165) is 12.7 Å². The summed E-state index contributed by atoms with van der Waals surface area (Å²) >= 11 is 0. The maximum Gasteiger partial charge on any atom is 0.325 e. The van der Waals surface area contributed by atoms with Gasteiger partial charge in [-0.15, -0.1) is 0 Å². The van der Waals surface area contributed by atoms with Gasteiger partial charge in [0.1, 0.15) is 0 Å². The largest absolute Gasteiger partial charge is 0.480 e. The number of carboxylic acid groups (broad SMARTS) is 1. The first-order valence-electron chi connectivity index (χ1n) is 4.33. The Kier molecular flexibility index (Phi) is 2.66. The van der Waals surface area contributed by atoms with Crippen LogP contribution in [0.1, 0.15) is 32.1 Å². The third kappa shape index (κ3) is 1.70. The van der Waals surface area contributed by atoms with Gasteiger partial charge in [-0.05, 0) is 12.8 Å². The van der Waals surface area contributed by atoms with Crippen LogP contribution in [0.25, 0.3) is 0 Å². The number of sulfone groups is 1. The molecule has 0 aromatic heterocycles. The summed E-state index contributed by atoms with van der Waals surface area (Å²) in [6.45, 7) is 0. The van der Waals surface area contributed by atoms with Gasteiger partial charge in [-0.25, -0.2) is 8.42 Å². The van der Waals surface area contributed by atoms with Gasteiger partial charge in [0.2, 0.25) is 0 Å². The van der Waals surface area contributed by atoms with E-state index in [-0.39, 0.29) is 12.8 Å². The quantitative estimate of drug-likeness (QED) is 0.726. The van der Waals surface area contributed by atoms with E-state index in [9.17, 15) is 13.2 Å². The molecule has 1 saturated carbocycles. The lowest BCUT2D eigenvalue weighted by atomic mass is 9.88. The summed E-state index contributed by atoms with van der Waals surface area (Å²) in [7, 11) is -3.49. The van der Waals surface area contributed by atoms with Gasteiger partial charge in [-0.1, -0.05) is 19.3 Å². The van der Waals surface area contributed by atoms with Crippen LogP contribution < -0.4 is 0 Å². The Morgan fingerprint density at radius 1 is 1.23 bits per heavy atom. The van der Waals surface area contributed by atoms with Crippen LogP contribution >= 0.6 is 0 Å². The average molecular weight is 206 g/mol. The van der Waals surface area contributed by atoms with Crippen LogP contribution in [0, 0.1) is 0 Å². The van der Waals surface area contributed by atoms with Crippen LogP contribution in [0.4, 0.5) is 0 Å². The van der Waals surface area contributed by atoms with Crippen LogP contribution in [0.3, 0.4) is 0 Å². The van der Waals surface area contributed by atoms with Gasteiger partial charge in [0.15, 0.2) is 14.6 Å². The Morgan fingerprint density at radius 2 is 1.69 bits per heavy atom. The molecule has 0 radical (unpaired) electrons. The van der Waals surface area contributed by atoms with Gasteiger partial charge in [0, 0.05) is 6.26 Å². The molecule has 4 nitrogen and oxygen atoms in total. The minimum Gasteiger partial charge on any atom is -0.480 e. The van der Waals surface area contributed by atoms with Gasteiger partial charge >= 0.3 is 5.97 Å². The molecule has 0 saturated heterocycles. The summed E-state index contributed by atoms with van der Waals surface area (Å²) in [5.41, 5.74) is 0. The first-order chi connectivity index (χ1) is 5.90. The van der Waals surface area contributed by atoms with Crippen molar-refractivity contribution in [3.63, 3.8) is 0 Å². The first-order valence-corrected chi connectivity index (χ1v) is 6.22. The third-order valence-electron chi connectivity index (χ3n) is 2.76. The summed E-state index contributed by atoms with van der Waals surface area (Å²) < 4.78 is 21.2. The van der Waals surface area contributed by atoms with E-state index in [0.29, 0.717) is 12.8 Å². The molecule has 0 atom stereocenters. The summed E-state index contributed by atoms with van der Waals surface area (Å²) in [5.74, 6) is -1.19. The van der Waals surface area contributed by atoms with E-state index in [4.69, 9.17) is 5.11 Å². The predicted octanol–water partition coefficient (Wildman–Crippen LogP) is 0.818. The molecule has 0 amide bonds. The molecular formula is C8H14O4S. The van der Waals surface area contributed by atoms with Gasteiger partial charge in [0.05, 0.1) is 0 Å². The molecule has 0 bridgehead atoms. The topological polar surface area (TPSA) is 71.4 Å². The van der Waals surface area contributed by atoms with E-state index in [2.05, 4.69) is 0 Å². The Labute approximate surface area is 77.9 Å². The monoisotopic (exact) mass is 206 g/mol. The molecule has 0 unspecified atom stereocenters. The molecule has 0 spiro atoms. The third-order valence-corrected chi connectivity index (χ3v) is 4.76. The molecule has 0 aromatic carbocycles. The second-order valence-electron chi connectivity index (χ2n) is 3.63. The van der Waals surface area contributed by atoms with E-state index < -0.39 is 20.6 Å². The van der Waals surface area contributed by atoms with E-state index >= 15 is 0 Å². The number of hydrogen-bond acceptors (Lipinski definition) is 3. The Hall–Kier alpha value is -0.580. The van der Waals surface area contributed by atoms with Crippen LogP contribution in [0.5, 0.6) is 0 Å². The first kappa shape index (κ1) is 10.5. The zero-order valence-electron chi connectivity index (χ0n) is 7.62. The normalized spacial score (nSPS) is 22.5. The highest BCUT2D eigenvalue weighted by atomic mass is 32.2. The van der Waals surface area contributed by atoms with E-state index in [1.807, 2.05) is 0 Å². The predicted molar refractivity (Wildman–Crippen MR) is 48.3 cm³/mol. The van der Waals surface area contributed by atoms with Gasteiger partial charge in [0.25, 0.3) is 0 Å². The van der Waals surface area contributed by atoms with Crippen molar-refractivity contribution < 1.29 is 18.3 Å². The lowest BCUT2D eigenvalue weighted by Crippen LogP contribution is -2.47. The second-order valence-corrected chi connectivity index (χ2v) is 5.96. The van der Waals surface area contributed by atoms with E-state index in [1.54, 1.807) is 0 Å². The average Bonchev–Trinajstić information content (AvgIpc) is 2.03. The maximum atomic E-state index is 11.4. The Balaban J connectivity index is 3.07.